The fourth-order valence-electron chi connectivity index (χ4n) is 4.93. The van der Waals surface area contributed by atoms with Gasteiger partial charge in [0.1, 0.15) is 5.82 Å². The van der Waals surface area contributed by atoms with E-state index in [9.17, 15) is 0 Å². The maximum Gasteiger partial charge on any atom is 0.290 e. The van der Waals surface area contributed by atoms with Gasteiger partial charge in [-0.3, -0.25) is 4.79 Å². The predicted octanol–water partition coefficient (Wildman–Crippen LogP) is 11.9. The van der Waals surface area contributed by atoms with Gasteiger partial charge < -0.3 is 15.2 Å². The number of anilines is 1. The van der Waals surface area contributed by atoms with Gasteiger partial charge in [0, 0.05) is 18.8 Å². The highest BCUT2D eigenvalue weighted by molar-refractivity contribution is 5.68. The number of ether oxygens (including phenoxy) is 1. The number of carboxylic acid groups (broad SMARTS) is 1. The molecule has 0 unspecified atom stereocenters. The Morgan fingerprint density at radius 1 is 1.00 bits per heavy atom. The van der Waals surface area contributed by atoms with E-state index < -0.39 is 0 Å². The zero-order chi connectivity index (χ0) is 34.6. The Morgan fingerprint density at radius 2 is 1.62 bits per heavy atom. The third-order valence-corrected chi connectivity index (χ3v) is 7.38. The van der Waals surface area contributed by atoms with Gasteiger partial charge in [0.2, 0.25) is 0 Å². The van der Waals surface area contributed by atoms with Crippen LogP contribution in [-0.2, 0) is 22.4 Å². The van der Waals surface area contributed by atoms with Gasteiger partial charge in [0.15, 0.2) is 0 Å². The van der Waals surface area contributed by atoms with Crippen LogP contribution in [-0.4, -0.2) is 35.8 Å². The molecule has 1 aromatic carbocycles. The molecule has 5 heteroatoms. The van der Waals surface area contributed by atoms with E-state index >= 15 is 0 Å². The molecule has 1 aromatic heterocycles. The average molecular weight is 627 g/mol. The molecule has 4 rings (SSSR count). The van der Waals surface area contributed by atoms with Gasteiger partial charge in [0.05, 0.1) is 6.10 Å². The summed E-state index contributed by atoms with van der Waals surface area (Å²) in [5.74, 6) is 2.31. The number of hydrogen-bond acceptors (Lipinski definition) is 4. The summed E-state index contributed by atoms with van der Waals surface area (Å²) >= 11 is 0. The summed E-state index contributed by atoms with van der Waals surface area (Å²) in [6, 6.07) is 11.1. The number of aryl methyl sites for hydroxylation is 2. The lowest BCUT2D eigenvalue weighted by molar-refractivity contribution is -0.122. The lowest BCUT2D eigenvalue weighted by Gasteiger charge is -2.25. The van der Waals surface area contributed by atoms with Crippen LogP contribution >= 0.6 is 0 Å². The Hall–Kier alpha value is -2.66. The van der Waals surface area contributed by atoms with E-state index in [1.54, 1.807) is 0 Å². The van der Waals surface area contributed by atoms with Crippen LogP contribution in [0.3, 0.4) is 0 Å². The molecule has 1 fully saturated rings. The van der Waals surface area contributed by atoms with Crippen molar-refractivity contribution < 1.29 is 14.6 Å². The topological polar surface area (TPSA) is 71.5 Å². The van der Waals surface area contributed by atoms with Crippen LogP contribution in [0.2, 0.25) is 0 Å². The van der Waals surface area contributed by atoms with Crippen molar-refractivity contribution in [2.45, 2.75) is 159 Å². The smallest absolute Gasteiger partial charge is 0.290 e. The van der Waals surface area contributed by atoms with Gasteiger partial charge in [-0.15, -0.1) is 0 Å². The first-order valence-electron chi connectivity index (χ1n) is 17.9. The molecule has 1 saturated carbocycles. The van der Waals surface area contributed by atoms with Gasteiger partial charge in [-0.1, -0.05) is 106 Å². The minimum atomic E-state index is -0.250. The Kier molecular flexibility index (Phi) is 28.4. The monoisotopic (exact) mass is 627 g/mol. The first-order valence-corrected chi connectivity index (χ1v) is 17.9. The van der Waals surface area contributed by atoms with Crippen LogP contribution < -0.4 is 5.32 Å². The van der Waals surface area contributed by atoms with Crippen molar-refractivity contribution in [1.82, 2.24) is 4.98 Å². The molecule has 2 aromatic rings. The van der Waals surface area contributed by atoms with E-state index in [0.29, 0.717) is 17.9 Å². The molecule has 0 amide bonds. The number of nitrogens with zero attached hydrogens (tertiary/aromatic N) is 1. The molecule has 1 aliphatic carbocycles. The maximum atomic E-state index is 8.36. The normalized spacial score (nSPS) is 13.2. The number of nitrogens with one attached hydrogen (secondary N) is 1. The van der Waals surface area contributed by atoms with Gasteiger partial charge >= 0.3 is 0 Å². The molecule has 45 heavy (non-hydrogen) atoms. The number of unbranched alkanes of at least 4 members (excludes halogenated alkanes) is 1. The summed E-state index contributed by atoms with van der Waals surface area (Å²) < 4.78 is 5.77. The number of carbonyl (C=O) groups is 1. The summed E-state index contributed by atoms with van der Waals surface area (Å²) in [6.45, 7) is 27.4. The molecule has 0 bridgehead atoms. The standard InChI is InChI=1S/C16H24N2O.C16H24.C3H8.2C2H6.CH2O2/c1(2-12-19-15-7-3-8-15)6-14-10-9-13-5-4-11-17-16(13)18-14;1-7-13(6)15-10-8-9-14(11(2)3)16(15)12(4)5;1-3-2;2*1-2;2-1-3/h9-10,15H,1-8,11-12H2,(H,17,18);7-12H,1-6H3;3H2,1-2H3;2*1-2H3;1H,(H,2,3)/b;13-7-;;;;. The highest BCUT2D eigenvalue weighted by Gasteiger charge is 2.17. The lowest BCUT2D eigenvalue weighted by Crippen LogP contribution is -2.21. The zero-order valence-electron chi connectivity index (χ0n) is 31.3. The van der Waals surface area contributed by atoms with Gasteiger partial charge in [-0.2, -0.15) is 0 Å². The number of pyridine rings is 1. The fraction of sp³-hybridized carbons (Fsp3) is 0.650. The molecular formula is C40H70N2O3. The summed E-state index contributed by atoms with van der Waals surface area (Å²) in [7, 11) is 0. The molecule has 258 valence electrons. The highest BCUT2D eigenvalue weighted by Crippen LogP contribution is 2.32. The SMILES string of the molecule is C/C=C(/C)c1cccc(C(C)C)c1C(C)C.CC.CC.CCC.O=CO.c1cc2c(nc1CCCCOC1CCC1)NCCC2. The first kappa shape index (κ1) is 44.5. The third-order valence-electron chi connectivity index (χ3n) is 7.38. The second-order valence-electron chi connectivity index (χ2n) is 11.6. The number of aromatic nitrogens is 1. The Labute approximate surface area is 278 Å². The Balaban J connectivity index is 0. The van der Waals surface area contributed by atoms with Crippen molar-refractivity contribution in [1.29, 1.82) is 0 Å². The third kappa shape index (κ3) is 18.2. The molecular weight excluding hydrogens is 556 g/mol. The minimum Gasteiger partial charge on any atom is -0.483 e. The number of fused-ring (bicyclic) bond motifs is 1. The van der Waals surface area contributed by atoms with E-state index in [1.807, 2.05) is 27.7 Å². The molecule has 0 saturated heterocycles. The molecule has 1 aliphatic heterocycles. The summed E-state index contributed by atoms with van der Waals surface area (Å²) in [5.41, 5.74) is 8.41. The maximum absolute atomic E-state index is 8.36. The van der Waals surface area contributed by atoms with Crippen LogP contribution in [0.5, 0.6) is 0 Å². The van der Waals surface area contributed by atoms with Crippen molar-refractivity contribution in [3.63, 3.8) is 0 Å². The van der Waals surface area contributed by atoms with Crippen molar-refractivity contribution in [3.8, 4) is 0 Å². The largest absolute Gasteiger partial charge is 0.483 e. The number of allylic oxidation sites excluding steroid dienone is 2. The Bertz CT molecular complexity index is 1030. The van der Waals surface area contributed by atoms with E-state index in [4.69, 9.17) is 19.6 Å². The molecule has 2 N–H and O–H groups in total. The van der Waals surface area contributed by atoms with Crippen molar-refractivity contribution in [2.75, 3.05) is 18.5 Å². The van der Waals surface area contributed by atoms with Crippen molar-refractivity contribution >= 4 is 17.9 Å². The molecule has 0 spiro atoms. The summed E-state index contributed by atoms with van der Waals surface area (Å²) in [6.07, 6.45) is 13.7. The molecule has 0 atom stereocenters. The Morgan fingerprint density at radius 3 is 2.13 bits per heavy atom. The summed E-state index contributed by atoms with van der Waals surface area (Å²) in [4.78, 5) is 13.1. The quantitative estimate of drug-likeness (QED) is 0.214. The zero-order valence-corrected chi connectivity index (χ0v) is 31.3. The highest BCUT2D eigenvalue weighted by atomic mass is 16.5. The van der Waals surface area contributed by atoms with Crippen LogP contribution in [0.1, 0.15) is 168 Å². The van der Waals surface area contributed by atoms with Crippen molar-refractivity contribution in [3.05, 3.63) is 64.4 Å². The lowest BCUT2D eigenvalue weighted by atomic mass is 9.85. The van der Waals surface area contributed by atoms with Gasteiger partial charge in [0.25, 0.3) is 6.47 Å². The fourth-order valence-corrected chi connectivity index (χ4v) is 4.93. The van der Waals surface area contributed by atoms with E-state index in [-0.39, 0.29) is 6.47 Å². The van der Waals surface area contributed by atoms with Crippen LogP contribution in [0, 0.1) is 0 Å². The molecule has 2 heterocycles. The van der Waals surface area contributed by atoms with E-state index in [1.165, 1.54) is 78.5 Å². The average Bonchev–Trinajstić information content (AvgIpc) is 3.04. The van der Waals surface area contributed by atoms with Crippen LogP contribution in [0.4, 0.5) is 5.82 Å². The number of rotatable bonds is 9. The second-order valence-corrected chi connectivity index (χ2v) is 11.6. The second kappa shape index (κ2) is 28.8. The molecule has 5 nitrogen and oxygen atoms in total. The molecule has 0 radical (unpaired) electrons. The first-order chi connectivity index (χ1) is 21.7. The van der Waals surface area contributed by atoms with Gasteiger partial charge in [-0.25, -0.2) is 4.98 Å². The summed E-state index contributed by atoms with van der Waals surface area (Å²) in [5, 5.41) is 10.3. The van der Waals surface area contributed by atoms with Crippen LogP contribution in [0.15, 0.2) is 36.4 Å². The number of benzene rings is 1. The minimum absolute atomic E-state index is 0.250. The predicted molar refractivity (Wildman–Crippen MR) is 199 cm³/mol. The van der Waals surface area contributed by atoms with Crippen LogP contribution in [0.25, 0.3) is 5.57 Å². The number of hydrogen-bond donors (Lipinski definition) is 2. The van der Waals surface area contributed by atoms with Crippen molar-refractivity contribution in [2.24, 2.45) is 0 Å². The van der Waals surface area contributed by atoms with E-state index in [0.717, 1.165) is 31.8 Å². The van der Waals surface area contributed by atoms with E-state index in [2.05, 4.69) is 97.1 Å². The van der Waals surface area contributed by atoms with Gasteiger partial charge in [-0.05, 0) is 111 Å². The molecule has 2 aliphatic rings.